The van der Waals surface area contributed by atoms with E-state index in [0.717, 1.165) is 32.1 Å². The number of carbonyl (C=O) groups excluding carboxylic acids is 2. The molecule has 6 heteroatoms. The molecule has 1 unspecified atom stereocenters. The Morgan fingerprint density at radius 1 is 1.04 bits per heavy atom. The molecule has 0 spiro atoms. The van der Waals surface area contributed by atoms with Gasteiger partial charge in [0.05, 0.1) is 11.1 Å². The minimum Gasteiger partial charge on any atom is -0.481 e. The van der Waals surface area contributed by atoms with Crippen LogP contribution in [0.4, 0.5) is 0 Å². The van der Waals surface area contributed by atoms with Crippen LogP contribution < -0.4 is 0 Å². The van der Waals surface area contributed by atoms with Gasteiger partial charge in [-0.3, -0.25) is 14.4 Å². The molecule has 1 aliphatic heterocycles. The van der Waals surface area contributed by atoms with Crippen LogP contribution in [0.1, 0.15) is 56.9 Å². The Morgan fingerprint density at radius 2 is 1.78 bits per heavy atom. The highest BCUT2D eigenvalue weighted by Gasteiger charge is 2.31. The zero-order chi connectivity index (χ0) is 19.5. The van der Waals surface area contributed by atoms with Crippen molar-refractivity contribution in [3.05, 3.63) is 35.9 Å². The van der Waals surface area contributed by atoms with Gasteiger partial charge in [-0.2, -0.15) is 0 Å². The molecule has 1 amide bonds. The topological polar surface area (TPSA) is 74.7 Å². The summed E-state index contributed by atoms with van der Waals surface area (Å²) in [5.41, 5.74) is 1.18. The van der Waals surface area contributed by atoms with Crippen molar-refractivity contribution in [1.82, 2.24) is 4.90 Å². The third-order valence-electron chi connectivity index (χ3n) is 4.81. The van der Waals surface area contributed by atoms with Crippen LogP contribution in [0, 0.1) is 0 Å². The maximum atomic E-state index is 12.2. The predicted octanol–water partition coefficient (Wildman–Crippen LogP) is 3.91. The van der Waals surface area contributed by atoms with Crippen molar-refractivity contribution >= 4 is 29.4 Å². The van der Waals surface area contributed by atoms with Crippen molar-refractivity contribution in [2.24, 2.45) is 0 Å². The zero-order valence-electron chi connectivity index (χ0n) is 15.8. The number of carboxylic acids is 1. The molecular formula is C21H29NO4S. The first kappa shape index (κ1) is 21.5. The lowest BCUT2D eigenvalue weighted by atomic mass is 10.0. The van der Waals surface area contributed by atoms with Gasteiger partial charge in [-0.15, -0.1) is 11.8 Å². The standard InChI is InChI=1S/C21H29NO4S/c23-18(12-11-17-8-4-3-5-9-17)13-14-20-22(19(24)16-27-20)15-7-2-1-6-10-21(25)26/h3-5,8-9,20H,1-2,6-7,10-16H2,(H,25,26). The molecule has 1 N–H and O–H groups in total. The van der Waals surface area contributed by atoms with Crippen LogP contribution in [0.3, 0.4) is 0 Å². The summed E-state index contributed by atoms with van der Waals surface area (Å²) in [5.74, 6) is 0.167. The number of aryl methyl sites for hydroxylation is 1. The lowest BCUT2D eigenvalue weighted by Crippen LogP contribution is -2.34. The number of hydrogen-bond acceptors (Lipinski definition) is 4. The molecule has 1 fully saturated rings. The van der Waals surface area contributed by atoms with E-state index >= 15 is 0 Å². The Labute approximate surface area is 165 Å². The third kappa shape index (κ3) is 8.16. The SMILES string of the molecule is O=C(O)CCCCCCN1C(=O)CSC1CCC(=O)CCc1ccccc1. The summed E-state index contributed by atoms with van der Waals surface area (Å²) in [5, 5.41) is 8.74. The third-order valence-corrected chi connectivity index (χ3v) is 6.10. The van der Waals surface area contributed by atoms with E-state index in [4.69, 9.17) is 5.11 Å². The second kappa shape index (κ2) is 11.8. The molecule has 148 valence electrons. The van der Waals surface area contributed by atoms with Gasteiger partial charge in [0, 0.05) is 25.8 Å². The molecule has 1 aromatic carbocycles. The largest absolute Gasteiger partial charge is 0.481 e. The molecule has 0 aliphatic carbocycles. The lowest BCUT2D eigenvalue weighted by Gasteiger charge is -2.23. The fourth-order valence-electron chi connectivity index (χ4n) is 3.26. The van der Waals surface area contributed by atoms with Crippen LogP contribution in [0.15, 0.2) is 30.3 Å². The Hall–Kier alpha value is -1.82. The van der Waals surface area contributed by atoms with E-state index in [1.54, 1.807) is 11.8 Å². The van der Waals surface area contributed by atoms with E-state index in [9.17, 15) is 14.4 Å². The van der Waals surface area contributed by atoms with Crippen LogP contribution in [-0.2, 0) is 20.8 Å². The lowest BCUT2D eigenvalue weighted by molar-refractivity contribution is -0.137. The number of amides is 1. The number of carboxylic acid groups (broad SMARTS) is 1. The summed E-state index contributed by atoms with van der Waals surface area (Å²) >= 11 is 1.63. The number of thioether (sulfide) groups is 1. The highest BCUT2D eigenvalue weighted by molar-refractivity contribution is 8.00. The summed E-state index contributed by atoms with van der Waals surface area (Å²) in [7, 11) is 0. The summed E-state index contributed by atoms with van der Waals surface area (Å²) in [4.78, 5) is 36.7. The molecule has 1 aliphatic rings. The average molecular weight is 392 g/mol. The Kier molecular flexibility index (Phi) is 9.39. The predicted molar refractivity (Wildman–Crippen MR) is 108 cm³/mol. The fraction of sp³-hybridized carbons (Fsp3) is 0.571. The van der Waals surface area contributed by atoms with Gasteiger partial charge in [-0.1, -0.05) is 43.2 Å². The van der Waals surface area contributed by atoms with Crippen LogP contribution in [0.2, 0.25) is 0 Å². The van der Waals surface area contributed by atoms with Crippen LogP contribution in [-0.4, -0.2) is 45.3 Å². The van der Waals surface area contributed by atoms with Gasteiger partial charge >= 0.3 is 5.97 Å². The number of carbonyl (C=O) groups is 3. The van der Waals surface area contributed by atoms with E-state index in [-0.39, 0.29) is 23.5 Å². The van der Waals surface area contributed by atoms with Crippen LogP contribution in [0.5, 0.6) is 0 Å². The molecular weight excluding hydrogens is 362 g/mol. The van der Waals surface area contributed by atoms with E-state index in [2.05, 4.69) is 0 Å². The van der Waals surface area contributed by atoms with Crippen molar-refractivity contribution in [2.45, 2.75) is 63.2 Å². The highest BCUT2D eigenvalue weighted by Crippen LogP contribution is 2.29. The molecule has 2 rings (SSSR count). The van der Waals surface area contributed by atoms with Gasteiger partial charge in [0.1, 0.15) is 5.78 Å². The van der Waals surface area contributed by atoms with Crippen molar-refractivity contribution in [1.29, 1.82) is 0 Å². The van der Waals surface area contributed by atoms with E-state index in [1.165, 1.54) is 5.56 Å². The monoisotopic (exact) mass is 391 g/mol. The number of rotatable bonds is 13. The molecule has 5 nitrogen and oxygen atoms in total. The number of unbranched alkanes of at least 4 members (excludes halogenated alkanes) is 3. The van der Waals surface area contributed by atoms with Crippen molar-refractivity contribution < 1.29 is 19.5 Å². The number of aliphatic carboxylic acids is 1. The number of Topliss-reactive ketones (excluding diaryl/α,β-unsaturated/α-hetero) is 1. The van der Waals surface area contributed by atoms with E-state index < -0.39 is 5.97 Å². The second-order valence-corrected chi connectivity index (χ2v) is 8.14. The fourth-order valence-corrected chi connectivity index (χ4v) is 4.45. The van der Waals surface area contributed by atoms with Crippen molar-refractivity contribution in [2.75, 3.05) is 12.3 Å². The molecule has 1 aromatic rings. The summed E-state index contributed by atoms with van der Waals surface area (Å²) in [6.07, 6.45) is 6.19. The first-order valence-corrected chi connectivity index (χ1v) is 10.8. The highest BCUT2D eigenvalue weighted by atomic mass is 32.2. The molecule has 1 heterocycles. The Morgan fingerprint density at radius 3 is 2.52 bits per heavy atom. The normalized spacial score (nSPS) is 16.7. The summed E-state index contributed by atoms with van der Waals surface area (Å²) in [6, 6.07) is 10.0. The zero-order valence-corrected chi connectivity index (χ0v) is 16.6. The quantitative estimate of drug-likeness (QED) is 0.516. The van der Waals surface area contributed by atoms with Gasteiger partial charge < -0.3 is 10.0 Å². The summed E-state index contributed by atoms with van der Waals surface area (Å²) < 4.78 is 0. The van der Waals surface area contributed by atoms with Gasteiger partial charge in [0.2, 0.25) is 5.91 Å². The first-order chi connectivity index (χ1) is 13.1. The molecule has 27 heavy (non-hydrogen) atoms. The molecule has 0 saturated carbocycles. The molecule has 0 bridgehead atoms. The first-order valence-electron chi connectivity index (χ1n) is 9.75. The summed E-state index contributed by atoms with van der Waals surface area (Å²) in [6.45, 7) is 0.710. The molecule has 1 saturated heterocycles. The molecule has 0 aromatic heterocycles. The minimum absolute atomic E-state index is 0.109. The van der Waals surface area contributed by atoms with Gasteiger partial charge in [0.15, 0.2) is 0 Å². The van der Waals surface area contributed by atoms with Gasteiger partial charge in [-0.05, 0) is 31.2 Å². The maximum Gasteiger partial charge on any atom is 0.303 e. The minimum atomic E-state index is -0.752. The number of benzene rings is 1. The Bertz CT molecular complexity index is 620. The number of hydrogen-bond donors (Lipinski definition) is 1. The number of ketones is 1. The second-order valence-electron chi connectivity index (χ2n) is 6.97. The molecule has 0 radical (unpaired) electrons. The van der Waals surface area contributed by atoms with Crippen LogP contribution in [0.25, 0.3) is 0 Å². The smallest absolute Gasteiger partial charge is 0.303 e. The van der Waals surface area contributed by atoms with E-state index in [0.29, 0.717) is 31.6 Å². The van der Waals surface area contributed by atoms with Crippen molar-refractivity contribution in [3.8, 4) is 0 Å². The Balaban J connectivity index is 1.64. The maximum absolute atomic E-state index is 12.2. The average Bonchev–Trinajstić information content (AvgIpc) is 3.01. The molecule has 1 atom stereocenters. The van der Waals surface area contributed by atoms with E-state index in [1.807, 2.05) is 35.2 Å². The van der Waals surface area contributed by atoms with Gasteiger partial charge in [0.25, 0.3) is 0 Å². The van der Waals surface area contributed by atoms with Crippen molar-refractivity contribution in [3.63, 3.8) is 0 Å². The van der Waals surface area contributed by atoms with Gasteiger partial charge in [-0.25, -0.2) is 0 Å². The number of nitrogens with zero attached hydrogens (tertiary/aromatic N) is 1. The van der Waals surface area contributed by atoms with Crippen LogP contribution >= 0.6 is 11.8 Å².